The van der Waals surface area contributed by atoms with Crippen molar-refractivity contribution in [3.63, 3.8) is 0 Å². The summed E-state index contributed by atoms with van der Waals surface area (Å²) in [5.41, 5.74) is 0. The highest BCUT2D eigenvalue weighted by Gasteiger charge is 2.32. The van der Waals surface area contributed by atoms with Crippen LogP contribution in [0.5, 0.6) is 0 Å². The molecule has 0 radical (unpaired) electrons. The Morgan fingerprint density at radius 3 is 2.85 bits per heavy atom. The smallest absolute Gasteiger partial charge is 0.194 e. The topological polar surface area (TPSA) is 46.1 Å². The molecule has 5 nitrogen and oxygen atoms in total. The summed E-state index contributed by atoms with van der Waals surface area (Å²) in [6.07, 6.45) is 4.50. The van der Waals surface area contributed by atoms with E-state index >= 15 is 0 Å². The van der Waals surface area contributed by atoms with Crippen LogP contribution in [0.15, 0.2) is 17.6 Å². The van der Waals surface area contributed by atoms with E-state index in [1.165, 1.54) is 0 Å². The Kier molecular flexibility index (Phi) is 8.47. The highest BCUT2D eigenvalue weighted by atomic mass is 127. The molecule has 20 heavy (non-hydrogen) atoms. The Morgan fingerprint density at radius 1 is 1.40 bits per heavy atom. The van der Waals surface area contributed by atoms with E-state index in [0.717, 1.165) is 51.6 Å². The van der Waals surface area contributed by atoms with Gasteiger partial charge in [0.1, 0.15) is 6.10 Å². The van der Waals surface area contributed by atoms with Crippen LogP contribution in [0.4, 0.5) is 0 Å². The summed E-state index contributed by atoms with van der Waals surface area (Å²) in [5, 5.41) is 3.33. The molecule has 0 bridgehead atoms. The van der Waals surface area contributed by atoms with E-state index in [-0.39, 0.29) is 36.2 Å². The van der Waals surface area contributed by atoms with Gasteiger partial charge in [-0.3, -0.25) is 0 Å². The second kappa shape index (κ2) is 9.57. The summed E-state index contributed by atoms with van der Waals surface area (Å²) in [6, 6.07) is 0. The number of ether oxygens (including phenoxy) is 2. The third-order valence-corrected chi connectivity index (χ3v) is 3.48. The first kappa shape index (κ1) is 17.7. The number of nitrogens with zero attached hydrogens (tertiary/aromatic N) is 2. The lowest BCUT2D eigenvalue weighted by Gasteiger charge is -2.37. The van der Waals surface area contributed by atoms with Crippen molar-refractivity contribution in [2.24, 2.45) is 4.99 Å². The Bertz CT molecular complexity index is 320. The van der Waals surface area contributed by atoms with E-state index in [9.17, 15) is 0 Å². The molecule has 2 saturated heterocycles. The van der Waals surface area contributed by atoms with Crippen LogP contribution in [-0.4, -0.2) is 62.5 Å². The average Bonchev–Trinajstić information content (AvgIpc) is 2.98. The maximum Gasteiger partial charge on any atom is 0.194 e. The molecule has 2 heterocycles. The van der Waals surface area contributed by atoms with Gasteiger partial charge >= 0.3 is 0 Å². The van der Waals surface area contributed by atoms with Crippen molar-refractivity contribution in [3.8, 4) is 0 Å². The van der Waals surface area contributed by atoms with Crippen molar-refractivity contribution in [2.75, 3.05) is 39.4 Å². The number of hydrogen-bond acceptors (Lipinski definition) is 3. The van der Waals surface area contributed by atoms with E-state index in [0.29, 0.717) is 6.54 Å². The third-order valence-electron chi connectivity index (χ3n) is 3.48. The molecule has 0 aromatic carbocycles. The zero-order valence-corrected chi connectivity index (χ0v) is 14.5. The minimum Gasteiger partial charge on any atom is -0.375 e. The van der Waals surface area contributed by atoms with Crippen LogP contribution in [0.1, 0.15) is 19.8 Å². The van der Waals surface area contributed by atoms with Gasteiger partial charge in [0.15, 0.2) is 5.96 Å². The van der Waals surface area contributed by atoms with E-state index in [1.807, 2.05) is 6.08 Å². The van der Waals surface area contributed by atoms with Crippen molar-refractivity contribution in [1.29, 1.82) is 0 Å². The lowest BCUT2D eigenvalue weighted by Crippen LogP contribution is -2.53. The summed E-state index contributed by atoms with van der Waals surface area (Å²) in [4.78, 5) is 6.80. The normalized spacial score (nSPS) is 27.1. The van der Waals surface area contributed by atoms with Gasteiger partial charge in [-0.2, -0.15) is 0 Å². The molecule has 0 spiro atoms. The summed E-state index contributed by atoms with van der Waals surface area (Å²) in [6.45, 7) is 10.7. The fraction of sp³-hybridized carbons (Fsp3) is 0.786. The van der Waals surface area contributed by atoms with Crippen LogP contribution in [0.2, 0.25) is 0 Å². The Morgan fingerprint density at radius 2 is 2.20 bits per heavy atom. The number of aliphatic imine (C=N–C) groups is 1. The number of hydrogen-bond donors (Lipinski definition) is 1. The molecule has 2 fully saturated rings. The fourth-order valence-corrected chi connectivity index (χ4v) is 2.57. The van der Waals surface area contributed by atoms with Gasteiger partial charge in [0, 0.05) is 26.2 Å². The molecule has 2 unspecified atom stereocenters. The van der Waals surface area contributed by atoms with Gasteiger partial charge in [-0.05, 0) is 19.8 Å². The second-order valence-electron chi connectivity index (χ2n) is 4.89. The molecule has 0 amide bonds. The molecule has 116 valence electrons. The Hall–Kier alpha value is -0.340. The van der Waals surface area contributed by atoms with Gasteiger partial charge in [-0.1, -0.05) is 6.08 Å². The first-order valence-electron chi connectivity index (χ1n) is 7.22. The molecule has 2 rings (SSSR count). The maximum absolute atomic E-state index is 5.86. The lowest BCUT2D eigenvalue weighted by atomic mass is 10.1. The Labute approximate surface area is 138 Å². The first-order valence-corrected chi connectivity index (χ1v) is 7.22. The minimum absolute atomic E-state index is 0. The zero-order valence-electron chi connectivity index (χ0n) is 12.2. The zero-order chi connectivity index (χ0) is 13.5. The number of morpholine rings is 1. The second-order valence-corrected chi connectivity index (χ2v) is 4.89. The Balaban J connectivity index is 0.00000200. The third kappa shape index (κ3) is 4.89. The van der Waals surface area contributed by atoms with Crippen molar-refractivity contribution in [2.45, 2.75) is 32.0 Å². The largest absolute Gasteiger partial charge is 0.375 e. The predicted molar refractivity (Wildman–Crippen MR) is 91.9 cm³/mol. The predicted octanol–water partition coefficient (Wildman–Crippen LogP) is 1.64. The van der Waals surface area contributed by atoms with E-state index < -0.39 is 0 Å². The van der Waals surface area contributed by atoms with Gasteiger partial charge in [-0.15, -0.1) is 30.6 Å². The summed E-state index contributed by atoms with van der Waals surface area (Å²) >= 11 is 0. The molecule has 1 N–H and O–H groups in total. The van der Waals surface area contributed by atoms with Crippen molar-refractivity contribution in [1.82, 2.24) is 10.2 Å². The minimum atomic E-state index is 0. The van der Waals surface area contributed by atoms with Crippen molar-refractivity contribution < 1.29 is 9.47 Å². The molecule has 2 aliphatic rings. The number of halogens is 1. The van der Waals surface area contributed by atoms with E-state index in [4.69, 9.17) is 9.47 Å². The van der Waals surface area contributed by atoms with Gasteiger partial charge in [0.25, 0.3) is 0 Å². The standard InChI is InChI=1S/C14H25N3O2.HI/c1-3-7-16-14(15-4-2)17-8-10-19-13(11-17)12-6-5-9-18-12;/h3,12-13H,1,4-11H2,2H3,(H,15,16);1H. The molecule has 0 aromatic heterocycles. The SMILES string of the molecule is C=CCN=C(NCC)N1CCOC(C2CCCO2)C1.I. The fourth-order valence-electron chi connectivity index (χ4n) is 2.57. The quantitative estimate of drug-likeness (QED) is 0.340. The highest BCUT2D eigenvalue weighted by molar-refractivity contribution is 14.0. The van der Waals surface area contributed by atoms with Crippen LogP contribution in [0.25, 0.3) is 0 Å². The number of guanidine groups is 1. The molecule has 2 aliphatic heterocycles. The van der Waals surface area contributed by atoms with Gasteiger partial charge < -0.3 is 19.7 Å². The number of nitrogens with one attached hydrogen (secondary N) is 1. The highest BCUT2D eigenvalue weighted by Crippen LogP contribution is 2.20. The molecular weight excluding hydrogens is 369 g/mol. The van der Waals surface area contributed by atoms with Crippen LogP contribution in [0, 0.1) is 0 Å². The van der Waals surface area contributed by atoms with Crippen LogP contribution in [-0.2, 0) is 9.47 Å². The molecule has 2 atom stereocenters. The van der Waals surface area contributed by atoms with Crippen LogP contribution < -0.4 is 5.32 Å². The average molecular weight is 395 g/mol. The van der Waals surface area contributed by atoms with Crippen molar-refractivity contribution in [3.05, 3.63) is 12.7 Å². The molecule has 6 heteroatoms. The van der Waals surface area contributed by atoms with Gasteiger partial charge in [0.05, 0.1) is 19.3 Å². The summed E-state index contributed by atoms with van der Waals surface area (Å²) in [7, 11) is 0. The van der Waals surface area contributed by atoms with E-state index in [1.54, 1.807) is 0 Å². The lowest BCUT2D eigenvalue weighted by molar-refractivity contribution is -0.0816. The molecule has 0 aliphatic carbocycles. The van der Waals surface area contributed by atoms with Crippen LogP contribution in [0.3, 0.4) is 0 Å². The summed E-state index contributed by atoms with van der Waals surface area (Å²) in [5.74, 6) is 0.952. The van der Waals surface area contributed by atoms with E-state index in [2.05, 4.69) is 28.7 Å². The molecular formula is C14H26IN3O2. The number of rotatable bonds is 4. The van der Waals surface area contributed by atoms with Crippen LogP contribution >= 0.6 is 24.0 Å². The summed E-state index contributed by atoms with van der Waals surface area (Å²) < 4.78 is 11.6. The maximum atomic E-state index is 5.86. The first-order chi connectivity index (χ1) is 9.35. The monoisotopic (exact) mass is 395 g/mol. The molecule has 0 saturated carbocycles. The van der Waals surface area contributed by atoms with Gasteiger partial charge in [-0.25, -0.2) is 4.99 Å². The molecule has 0 aromatic rings. The van der Waals surface area contributed by atoms with Crippen molar-refractivity contribution >= 4 is 29.9 Å². The van der Waals surface area contributed by atoms with Gasteiger partial charge in [0.2, 0.25) is 0 Å².